The smallest absolute Gasteiger partial charge is 0.225 e. The molecule has 5 heteroatoms. The SMILES string of the molecule is CC1CCCN1c1nc(Cl)nc2sccc12. The summed E-state index contributed by atoms with van der Waals surface area (Å²) in [7, 11) is 0. The summed E-state index contributed by atoms with van der Waals surface area (Å²) < 4.78 is 0. The Hall–Kier alpha value is -0.870. The Bertz CT molecular complexity index is 525. The van der Waals surface area contributed by atoms with Gasteiger partial charge in [0.05, 0.1) is 5.39 Å². The average Bonchev–Trinajstić information content (AvgIpc) is 2.84. The molecule has 1 unspecified atom stereocenters. The molecule has 1 fully saturated rings. The predicted octanol–water partition coefficient (Wildman–Crippen LogP) is 3.33. The number of halogens is 1. The number of hydrogen-bond acceptors (Lipinski definition) is 4. The number of anilines is 1. The molecular formula is C11H12ClN3S. The van der Waals surface area contributed by atoms with Crippen molar-refractivity contribution in [3.05, 3.63) is 16.7 Å². The summed E-state index contributed by atoms with van der Waals surface area (Å²) in [5.74, 6) is 1.00. The van der Waals surface area contributed by atoms with Gasteiger partial charge in [-0.2, -0.15) is 4.98 Å². The fourth-order valence-corrected chi connectivity index (χ4v) is 3.25. The van der Waals surface area contributed by atoms with E-state index >= 15 is 0 Å². The highest BCUT2D eigenvalue weighted by Gasteiger charge is 2.24. The molecule has 0 spiro atoms. The Balaban J connectivity index is 2.17. The summed E-state index contributed by atoms with van der Waals surface area (Å²) in [5, 5.41) is 3.52. The van der Waals surface area contributed by atoms with Gasteiger partial charge in [0.1, 0.15) is 10.6 Å². The zero-order valence-corrected chi connectivity index (χ0v) is 10.6. The van der Waals surface area contributed by atoms with E-state index in [0.717, 1.165) is 22.6 Å². The molecule has 0 radical (unpaired) electrons. The van der Waals surface area contributed by atoms with Crippen molar-refractivity contribution in [1.29, 1.82) is 0 Å². The number of hydrogen-bond donors (Lipinski definition) is 0. The minimum atomic E-state index is 0.351. The van der Waals surface area contributed by atoms with Gasteiger partial charge in [0.2, 0.25) is 5.28 Å². The van der Waals surface area contributed by atoms with Crippen LogP contribution in [0.25, 0.3) is 10.2 Å². The molecule has 2 aromatic heterocycles. The maximum atomic E-state index is 5.96. The minimum absolute atomic E-state index is 0.351. The Labute approximate surface area is 103 Å². The van der Waals surface area contributed by atoms with Gasteiger partial charge in [0.25, 0.3) is 0 Å². The molecule has 0 N–H and O–H groups in total. The third-order valence-electron chi connectivity index (χ3n) is 3.10. The average molecular weight is 254 g/mol. The third kappa shape index (κ3) is 1.57. The second kappa shape index (κ2) is 3.86. The molecule has 3 nitrogen and oxygen atoms in total. The zero-order valence-electron chi connectivity index (χ0n) is 8.98. The van der Waals surface area contributed by atoms with E-state index in [-0.39, 0.29) is 0 Å². The summed E-state index contributed by atoms with van der Waals surface area (Å²) in [6.45, 7) is 3.31. The lowest BCUT2D eigenvalue weighted by Crippen LogP contribution is -2.27. The molecule has 0 saturated carbocycles. The maximum absolute atomic E-state index is 5.96. The molecule has 0 bridgehead atoms. The number of aromatic nitrogens is 2. The first-order chi connectivity index (χ1) is 7.75. The number of thiophene rings is 1. The first-order valence-electron chi connectivity index (χ1n) is 5.43. The Kier molecular flexibility index (Phi) is 2.48. The fourth-order valence-electron chi connectivity index (χ4n) is 2.28. The molecule has 3 heterocycles. The highest BCUT2D eigenvalue weighted by Crippen LogP contribution is 2.32. The highest BCUT2D eigenvalue weighted by atomic mass is 35.5. The monoisotopic (exact) mass is 253 g/mol. The molecule has 1 aliphatic rings. The molecule has 1 saturated heterocycles. The van der Waals surface area contributed by atoms with Gasteiger partial charge in [-0.3, -0.25) is 0 Å². The molecule has 0 aliphatic carbocycles. The van der Waals surface area contributed by atoms with Crippen LogP contribution in [0.4, 0.5) is 5.82 Å². The molecule has 0 amide bonds. The van der Waals surface area contributed by atoms with Crippen LogP contribution in [0.3, 0.4) is 0 Å². The summed E-state index contributed by atoms with van der Waals surface area (Å²) in [4.78, 5) is 11.9. The van der Waals surface area contributed by atoms with Crippen molar-refractivity contribution < 1.29 is 0 Å². The molecule has 2 aromatic rings. The quantitative estimate of drug-likeness (QED) is 0.730. The van der Waals surface area contributed by atoms with E-state index < -0.39 is 0 Å². The molecule has 0 aromatic carbocycles. The lowest BCUT2D eigenvalue weighted by Gasteiger charge is -2.23. The fraction of sp³-hybridized carbons (Fsp3) is 0.455. The first kappa shape index (κ1) is 10.3. The largest absolute Gasteiger partial charge is 0.353 e. The van der Waals surface area contributed by atoms with Gasteiger partial charge in [-0.1, -0.05) is 0 Å². The van der Waals surface area contributed by atoms with Gasteiger partial charge in [-0.15, -0.1) is 11.3 Å². The summed E-state index contributed by atoms with van der Waals surface area (Å²) in [5.41, 5.74) is 0. The van der Waals surface area contributed by atoms with Crippen molar-refractivity contribution in [2.75, 3.05) is 11.4 Å². The molecule has 84 valence electrons. The van der Waals surface area contributed by atoms with E-state index in [1.54, 1.807) is 11.3 Å². The van der Waals surface area contributed by atoms with Crippen molar-refractivity contribution in [2.45, 2.75) is 25.8 Å². The van der Waals surface area contributed by atoms with Crippen molar-refractivity contribution in [2.24, 2.45) is 0 Å². The second-order valence-electron chi connectivity index (χ2n) is 4.14. The summed E-state index contributed by atoms with van der Waals surface area (Å²) in [6, 6.07) is 2.63. The van der Waals surface area contributed by atoms with Crippen molar-refractivity contribution >= 4 is 39.0 Å². The van der Waals surface area contributed by atoms with Crippen LogP contribution in [-0.2, 0) is 0 Å². The van der Waals surface area contributed by atoms with Crippen LogP contribution in [0.5, 0.6) is 0 Å². The topological polar surface area (TPSA) is 29.0 Å². The molecule has 16 heavy (non-hydrogen) atoms. The second-order valence-corrected chi connectivity index (χ2v) is 5.37. The highest BCUT2D eigenvalue weighted by molar-refractivity contribution is 7.16. The van der Waals surface area contributed by atoms with E-state index in [0.29, 0.717) is 11.3 Å². The molecular weight excluding hydrogens is 242 g/mol. The number of rotatable bonds is 1. The third-order valence-corrected chi connectivity index (χ3v) is 4.08. The molecule has 3 rings (SSSR count). The Morgan fingerprint density at radius 2 is 2.38 bits per heavy atom. The van der Waals surface area contributed by atoms with Crippen LogP contribution in [0.2, 0.25) is 5.28 Å². The lowest BCUT2D eigenvalue weighted by atomic mass is 10.2. The summed E-state index contributed by atoms with van der Waals surface area (Å²) >= 11 is 7.58. The number of fused-ring (bicyclic) bond motifs is 1. The Morgan fingerprint density at radius 3 is 3.12 bits per heavy atom. The van der Waals surface area contributed by atoms with Gasteiger partial charge in [-0.25, -0.2) is 4.98 Å². The van der Waals surface area contributed by atoms with Crippen LogP contribution >= 0.6 is 22.9 Å². The van der Waals surface area contributed by atoms with Crippen LogP contribution < -0.4 is 4.90 Å². The van der Waals surface area contributed by atoms with Gasteiger partial charge in [-0.05, 0) is 42.8 Å². The normalized spacial score (nSPS) is 20.9. The van der Waals surface area contributed by atoms with Gasteiger partial charge < -0.3 is 4.90 Å². The standard InChI is InChI=1S/C11H12ClN3S/c1-7-3-2-5-15(7)9-8-4-6-16-10(8)14-11(12)13-9/h4,6-7H,2-3,5H2,1H3. The lowest BCUT2D eigenvalue weighted by molar-refractivity contribution is 0.729. The zero-order chi connectivity index (χ0) is 11.1. The van der Waals surface area contributed by atoms with E-state index in [9.17, 15) is 0 Å². The Morgan fingerprint density at radius 1 is 1.50 bits per heavy atom. The van der Waals surface area contributed by atoms with Crippen LogP contribution in [0.15, 0.2) is 11.4 Å². The van der Waals surface area contributed by atoms with Crippen LogP contribution in [-0.4, -0.2) is 22.6 Å². The summed E-state index contributed by atoms with van der Waals surface area (Å²) in [6.07, 6.45) is 2.46. The van der Waals surface area contributed by atoms with Crippen LogP contribution in [0, 0.1) is 0 Å². The van der Waals surface area contributed by atoms with Gasteiger partial charge in [0, 0.05) is 12.6 Å². The first-order valence-corrected chi connectivity index (χ1v) is 6.69. The number of nitrogens with zero attached hydrogens (tertiary/aromatic N) is 3. The van der Waals surface area contributed by atoms with E-state index in [4.69, 9.17) is 11.6 Å². The van der Waals surface area contributed by atoms with Gasteiger partial charge in [0.15, 0.2) is 0 Å². The van der Waals surface area contributed by atoms with Gasteiger partial charge >= 0.3 is 0 Å². The predicted molar refractivity (Wildman–Crippen MR) is 68.5 cm³/mol. The molecule has 1 atom stereocenters. The maximum Gasteiger partial charge on any atom is 0.225 e. The van der Waals surface area contributed by atoms with E-state index in [2.05, 4.69) is 27.9 Å². The van der Waals surface area contributed by atoms with Crippen molar-refractivity contribution in [1.82, 2.24) is 9.97 Å². The molecule has 1 aliphatic heterocycles. The van der Waals surface area contributed by atoms with Crippen molar-refractivity contribution in [3.63, 3.8) is 0 Å². The van der Waals surface area contributed by atoms with Crippen LogP contribution in [0.1, 0.15) is 19.8 Å². The van der Waals surface area contributed by atoms with Crippen molar-refractivity contribution in [3.8, 4) is 0 Å². The minimum Gasteiger partial charge on any atom is -0.353 e. The van der Waals surface area contributed by atoms with E-state index in [1.807, 2.05) is 5.38 Å². The van der Waals surface area contributed by atoms with E-state index in [1.165, 1.54) is 12.8 Å².